The molecule has 1 aromatic carbocycles. The number of benzene rings is 1. The van der Waals surface area contributed by atoms with Gasteiger partial charge in [-0.15, -0.1) is 0 Å². The topological polar surface area (TPSA) is 29.1 Å². The summed E-state index contributed by atoms with van der Waals surface area (Å²) < 4.78 is 1.24. The van der Waals surface area contributed by atoms with Gasteiger partial charge in [-0.2, -0.15) is 0 Å². The summed E-state index contributed by atoms with van der Waals surface area (Å²) in [5, 5.41) is 2.77. The Hall–Kier alpha value is -0.580. The van der Waals surface area contributed by atoms with E-state index in [1.807, 2.05) is 0 Å². The van der Waals surface area contributed by atoms with Gasteiger partial charge in [0.05, 0.1) is 0 Å². The predicted molar refractivity (Wildman–Crippen MR) is 61.5 cm³/mol. The molecule has 3 heteroatoms. The molecule has 0 heterocycles. The lowest BCUT2D eigenvalue weighted by Gasteiger charge is -2.02. The minimum absolute atomic E-state index is 0.0329. The summed E-state index contributed by atoms with van der Waals surface area (Å²) in [6, 6.07) is 8.32. The van der Waals surface area contributed by atoms with Gasteiger partial charge in [0.15, 0.2) is 0 Å². The molecule has 0 unspecified atom stereocenters. The van der Waals surface area contributed by atoms with E-state index < -0.39 is 0 Å². The smallest absolute Gasteiger partial charge is 0.216 e. The van der Waals surface area contributed by atoms with Crippen molar-refractivity contribution in [2.45, 2.75) is 13.3 Å². The van der Waals surface area contributed by atoms with Gasteiger partial charge in [-0.25, -0.2) is 0 Å². The first-order valence-electron chi connectivity index (χ1n) is 4.17. The average molecular weight is 289 g/mol. The average Bonchev–Trinajstić information content (AvgIpc) is 2.08. The van der Waals surface area contributed by atoms with Crippen LogP contribution in [0.3, 0.4) is 0 Å². The second-order valence-electron chi connectivity index (χ2n) is 2.86. The maximum Gasteiger partial charge on any atom is 0.216 e. The van der Waals surface area contributed by atoms with Crippen LogP contribution in [0, 0.1) is 3.57 Å². The summed E-state index contributed by atoms with van der Waals surface area (Å²) in [6.07, 6.45) is 0.899. The van der Waals surface area contributed by atoms with E-state index in [2.05, 4.69) is 52.2 Å². The monoisotopic (exact) mass is 289 g/mol. The highest BCUT2D eigenvalue weighted by molar-refractivity contribution is 14.1. The number of nitrogens with one attached hydrogen (secondary N) is 1. The number of amides is 1. The lowest BCUT2D eigenvalue weighted by molar-refractivity contribution is -0.118. The Bertz CT molecular complexity index is 281. The van der Waals surface area contributed by atoms with E-state index in [4.69, 9.17) is 0 Å². The first kappa shape index (κ1) is 10.5. The molecule has 1 N–H and O–H groups in total. The largest absolute Gasteiger partial charge is 0.356 e. The van der Waals surface area contributed by atoms with Crippen LogP contribution in [-0.4, -0.2) is 12.5 Å². The third kappa shape index (κ3) is 4.26. The van der Waals surface area contributed by atoms with Crippen molar-refractivity contribution in [3.05, 3.63) is 33.4 Å². The van der Waals surface area contributed by atoms with Gasteiger partial charge in [0.2, 0.25) is 5.91 Å². The number of carbonyl (C=O) groups excluding carboxylic acids is 1. The Balaban J connectivity index is 2.37. The van der Waals surface area contributed by atoms with Crippen LogP contribution in [0.5, 0.6) is 0 Å². The van der Waals surface area contributed by atoms with Gasteiger partial charge in [0.25, 0.3) is 0 Å². The van der Waals surface area contributed by atoms with Gasteiger partial charge >= 0.3 is 0 Å². The molecule has 2 nitrogen and oxygen atoms in total. The highest BCUT2D eigenvalue weighted by atomic mass is 127. The van der Waals surface area contributed by atoms with Crippen LogP contribution in [0.25, 0.3) is 0 Å². The maximum atomic E-state index is 10.6. The maximum absolute atomic E-state index is 10.6. The third-order valence-corrected chi connectivity index (χ3v) is 2.42. The van der Waals surface area contributed by atoms with Crippen LogP contribution in [0.1, 0.15) is 12.5 Å². The molecular formula is C10H12INO. The molecular weight excluding hydrogens is 277 g/mol. The van der Waals surface area contributed by atoms with E-state index in [9.17, 15) is 4.79 Å². The van der Waals surface area contributed by atoms with Crippen LogP contribution < -0.4 is 5.32 Å². The van der Waals surface area contributed by atoms with E-state index in [0.717, 1.165) is 13.0 Å². The van der Waals surface area contributed by atoms with Gasteiger partial charge in [0, 0.05) is 17.0 Å². The lowest BCUT2D eigenvalue weighted by atomic mass is 10.1. The molecule has 0 saturated heterocycles. The third-order valence-electron chi connectivity index (χ3n) is 1.70. The van der Waals surface area contributed by atoms with Crippen molar-refractivity contribution in [2.75, 3.05) is 6.54 Å². The molecule has 0 aliphatic carbocycles. The summed E-state index contributed by atoms with van der Waals surface area (Å²) in [4.78, 5) is 10.6. The van der Waals surface area contributed by atoms with Gasteiger partial charge in [0.1, 0.15) is 0 Å². The molecule has 0 aliphatic heterocycles. The molecule has 0 aliphatic rings. The zero-order valence-electron chi connectivity index (χ0n) is 7.51. The number of rotatable bonds is 3. The quantitative estimate of drug-likeness (QED) is 0.847. The minimum atomic E-state index is 0.0329. The first-order chi connectivity index (χ1) is 6.18. The molecule has 0 aromatic heterocycles. The van der Waals surface area contributed by atoms with E-state index in [1.165, 1.54) is 16.1 Å². The van der Waals surface area contributed by atoms with Crippen LogP contribution in [0.15, 0.2) is 24.3 Å². The second kappa shape index (κ2) is 5.21. The molecule has 1 aromatic rings. The van der Waals surface area contributed by atoms with E-state index in [0.29, 0.717) is 0 Å². The highest BCUT2D eigenvalue weighted by Gasteiger charge is 1.93. The van der Waals surface area contributed by atoms with Crippen molar-refractivity contribution in [3.63, 3.8) is 0 Å². The van der Waals surface area contributed by atoms with Crippen molar-refractivity contribution in [2.24, 2.45) is 0 Å². The molecule has 0 fully saturated rings. The molecule has 1 amide bonds. The normalized spacial score (nSPS) is 9.69. The fourth-order valence-corrected chi connectivity index (χ4v) is 1.39. The molecule has 0 radical (unpaired) electrons. The summed E-state index contributed by atoms with van der Waals surface area (Å²) in [7, 11) is 0. The van der Waals surface area contributed by atoms with Gasteiger partial charge < -0.3 is 5.32 Å². The zero-order chi connectivity index (χ0) is 9.68. The zero-order valence-corrected chi connectivity index (χ0v) is 9.67. The summed E-state index contributed by atoms with van der Waals surface area (Å²) >= 11 is 2.28. The lowest BCUT2D eigenvalue weighted by Crippen LogP contribution is -2.22. The number of hydrogen-bond donors (Lipinski definition) is 1. The molecule has 0 spiro atoms. The molecule has 0 bridgehead atoms. The predicted octanol–water partition coefficient (Wildman–Crippen LogP) is 1.97. The Morgan fingerprint density at radius 2 is 2.00 bits per heavy atom. The minimum Gasteiger partial charge on any atom is -0.356 e. The molecule has 0 atom stereocenters. The first-order valence-corrected chi connectivity index (χ1v) is 5.25. The van der Waals surface area contributed by atoms with Crippen LogP contribution in [0.4, 0.5) is 0 Å². The fraction of sp³-hybridized carbons (Fsp3) is 0.300. The van der Waals surface area contributed by atoms with Crippen LogP contribution in [0.2, 0.25) is 0 Å². The fourth-order valence-electron chi connectivity index (χ4n) is 1.03. The van der Waals surface area contributed by atoms with Crippen molar-refractivity contribution >= 4 is 28.5 Å². The van der Waals surface area contributed by atoms with Gasteiger partial charge in [-0.05, 0) is 46.7 Å². The van der Waals surface area contributed by atoms with Crippen molar-refractivity contribution in [1.29, 1.82) is 0 Å². The number of carbonyl (C=O) groups is 1. The van der Waals surface area contributed by atoms with Crippen molar-refractivity contribution < 1.29 is 4.79 Å². The van der Waals surface area contributed by atoms with Crippen molar-refractivity contribution in [1.82, 2.24) is 5.32 Å². The highest BCUT2D eigenvalue weighted by Crippen LogP contribution is 2.06. The Kier molecular flexibility index (Phi) is 4.21. The van der Waals surface area contributed by atoms with E-state index in [-0.39, 0.29) is 5.91 Å². The van der Waals surface area contributed by atoms with E-state index in [1.54, 1.807) is 0 Å². The Labute approximate surface area is 91.9 Å². The standard InChI is InChI=1S/C10H12INO/c1-8(13)12-7-6-9-2-4-10(11)5-3-9/h2-5H,6-7H2,1H3,(H,12,13). The summed E-state index contributed by atoms with van der Waals surface area (Å²) in [5.74, 6) is 0.0329. The molecule has 70 valence electrons. The van der Waals surface area contributed by atoms with Crippen LogP contribution >= 0.6 is 22.6 Å². The number of halogens is 1. The Morgan fingerprint density at radius 3 is 2.54 bits per heavy atom. The van der Waals surface area contributed by atoms with Crippen LogP contribution in [-0.2, 0) is 11.2 Å². The molecule has 0 saturated carbocycles. The Morgan fingerprint density at radius 1 is 1.38 bits per heavy atom. The second-order valence-corrected chi connectivity index (χ2v) is 4.11. The van der Waals surface area contributed by atoms with E-state index >= 15 is 0 Å². The summed E-state index contributed by atoms with van der Waals surface area (Å²) in [6.45, 7) is 2.25. The SMILES string of the molecule is CC(=O)NCCc1ccc(I)cc1. The van der Waals surface area contributed by atoms with Gasteiger partial charge in [-0.3, -0.25) is 4.79 Å². The molecule has 13 heavy (non-hydrogen) atoms. The molecule has 1 rings (SSSR count). The van der Waals surface area contributed by atoms with Crippen molar-refractivity contribution in [3.8, 4) is 0 Å². The number of hydrogen-bond acceptors (Lipinski definition) is 1. The van der Waals surface area contributed by atoms with Gasteiger partial charge in [-0.1, -0.05) is 12.1 Å². The summed E-state index contributed by atoms with van der Waals surface area (Å²) in [5.41, 5.74) is 1.26.